The van der Waals surface area contributed by atoms with E-state index >= 15 is 0 Å². The average molecular weight is 525 g/mol. The zero-order chi connectivity index (χ0) is 27.4. The molecule has 0 N–H and O–H groups in total. The van der Waals surface area contributed by atoms with Gasteiger partial charge in [-0.25, -0.2) is 4.98 Å². The van der Waals surface area contributed by atoms with Crippen molar-refractivity contribution < 1.29 is 17.6 Å². The van der Waals surface area contributed by atoms with Crippen LogP contribution in [0, 0.1) is 13.8 Å². The third kappa shape index (κ3) is 5.82. The van der Waals surface area contributed by atoms with E-state index in [-0.39, 0.29) is 11.3 Å². The highest BCUT2D eigenvalue weighted by Gasteiger charge is 2.35. The molecular weight excluding hydrogens is 493 g/mol. The maximum absolute atomic E-state index is 14.0. The monoisotopic (exact) mass is 524 g/mol. The molecule has 4 aromatic rings. The molecule has 1 fully saturated rings. The minimum atomic E-state index is -4.65. The molecule has 9 heteroatoms. The summed E-state index contributed by atoms with van der Waals surface area (Å²) >= 11 is 0. The first-order chi connectivity index (χ1) is 18.1. The Morgan fingerprint density at radius 1 is 0.974 bits per heavy atom. The molecule has 6 nitrogen and oxygen atoms in total. The van der Waals surface area contributed by atoms with Gasteiger partial charge in [0.1, 0.15) is 0 Å². The number of benzene rings is 2. The molecule has 0 aliphatic carbocycles. The SMILES string of the molecule is CCC.Cc1cc(-c2cc(C)c(=O)n(-c3cc(N4CCCC4)ccc3C(F)(F)F)n2)cc(-c2cnco2)c1. The summed E-state index contributed by atoms with van der Waals surface area (Å²) in [4.78, 5) is 19.1. The van der Waals surface area contributed by atoms with Crippen molar-refractivity contribution in [3.63, 3.8) is 0 Å². The maximum atomic E-state index is 14.0. The molecule has 0 saturated carbocycles. The van der Waals surface area contributed by atoms with Crippen molar-refractivity contribution in [1.29, 1.82) is 0 Å². The van der Waals surface area contributed by atoms with Crippen molar-refractivity contribution in [2.45, 2.75) is 53.1 Å². The summed E-state index contributed by atoms with van der Waals surface area (Å²) in [6.45, 7) is 9.25. The van der Waals surface area contributed by atoms with E-state index in [1.165, 1.54) is 24.9 Å². The zero-order valence-corrected chi connectivity index (χ0v) is 22.0. The van der Waals surface area contributed by atoms with E-state index in [0.29, 0.717) is 22.7 Å². The van der Waals surface area contributed by atoms with Gasteiger partial charge in [0.15, 0.2) is 12.2 Å². The second kappa shape index (κ2) is 11.2. The number of oxazole rings is 1. The second-order valence-electron chi connectivity index (χ2n) is 9.48. The summed E-state index contributed by atoms with van der Waals surface area (Å²) in [5.41, 5.74) is 1.84. The van der Waals surface area contributed by atoms with Gasteiger partial charge in [0.2, 0.25) is 0 Å². The number of rotatable bonds is 4. The predicted molar refractivity (Wildman–Crippen MR) is 143 cm³/mol. The van der Waals surface area contributed by atoms with E-state index in [1.807, 2.05) is 30.0 Å². The summed E-state index contributed by atoms with van der Waals surface area (Å²) in [6, 6.07) is 11.1. The lowest BCUT2D eigenvalue weighted by atomic mass is 10.0. The third-order valence-electron chi connectivity index (χ3n) is 6.17. The molecule has 0 amide bonds. The van der Waals surface area contributed by atoms with Gasteiger partial charge in [-0.15, -0.1) is 0 Å². The van der Waals surface area contributed by atoms with Gasteiger partial charge in [-0.1, -0.05) is 20.3 Å². The summed E-state index contributed by atoms with van der Waals surface area (Å²) in [7, 11) is 0. The Balaban J connectivity index is 0.00000107. The summed E-state index contributed by atoms with van der Waals surface area (Å²) in [5, 5.41) is 4.42. The number of aromatic nitrogens is 3. The molecule has 200 valence electrons. The molecule has 0 spiro atoms. The maximum Gasteiger partial charge on any atom is 0.418 e. The van der Waals surface area contributed by atoms with Crippen LogP contribution in [-0.2, 0) is 6.18 Å². The molecule has 3 heterocycles. The highest BCUT2D eigenvalue weighted by molar-refractivity contribution is 5.70. The van der Waals surface area contributed by atoms with Crippen LogP contribution in [0.4, 0.5) is 18.9 Å². The summed E-state index contributed by atoms with van der Waals surface area (Å²) < 4.78 is 48.2. The molecule has 5 rings (SSSR count). The van der Waals surface area contributed by atoms with Gasteiger partial charge in [0.05, 0.1) is 23.1 Å². The van der Waals surface area contributed by atoms with E-state index in [2.05, 4.69) is 23.9 Å². The van der Waals surface area contributed by atoms with Crippen molar-refractivity contribution in [1.82, 2.24) is 14.8 Å². The number of nitrogens with zero attached hydrogens (tertiary/aromatic N) is 4. The fraction of sp³-hybridized carbons (Fsp3) is 0.345. The molecule has 2 aromatic heterocycles. The molecule has 0 bridgehead atoms. The van der Waals surface area contributed by atoms with E-state index in [0.717, 1.165) is 47.8 Å². The average Bonchev–Trinajstić information content (AvgIpc) is 3.60. The Morgan fingerprint density at radius 3 is 2.29 bits per heavy atom. The van der Waals surface area contributed by atoms with Crippen molar-refractivity contribution >= 4 is 5.69 Å². The van der Waals surface area contributed by atoms with E-state index in [9.17, 15) is 18.0 Å². The number of hydrogen-bond acceptors (Lipinski definition) is 5. The largest absolute Gasteiger partial charge is 0.444 e. The van der Waals surface area contributed by atoms with Gasteiger partial charge in [0.25, 0.3) is 5.56 Å². The Morgan fingerprint density at radius 2 is 1.66 bits per heavy atom. The van der Waals surface area contributed by atoms with Crippen LogP contribution in [0.25, 0.3) is 28.3 Å². The molecule has 1 saturated heterocycles. The van der Waals surface area contributed by atoms with Crippen LogP contribution in [0.5, 0.6) is 0 Å². The van der Waals surface area contributed by atoms with Gasteiger partial charge in [-0.3, -0.25) is 4.79 Å². The van der Waals surface area contributed by atoms with Crippen molar-refractivity contribution in [2.75, 3.05) is 18.0 Å². The Hall–Kier alpha value is -3.88. The summed E-state index contributed by atoms with van der Waals surface area (Å²) in [6.07, 6.45) is 1.46. The smallest absolute Gasteiger partial charge is 0.418 e. The molecule has 1 aliphatic heterocycles. The number of alkyl halides is 3. The first kappa shape index (κ1) is 27.2. The van der Waals surface area contributed by atoms with Crippen LogP contribution in [0.15, 0.2) is 64.3 Å². The third-order valence-corrected chi connectivity index (χ3v) is 6.17. The van der Waals surface area contributed by atoms with Gasteiger partial charge in [0, 0.05) is 35.5 Å². The lowest BCUT2D eigenvalue weighted by molar-refractivity contribution is -0.137. The standard InChI is InChI=1S/C26H23F3N4O2.C3H8/c1-16-9-18(12-19(10-16)24-14-30-15-35-24)22-11-17(2)25(34)33(31-22)23-13-20(32-7-3-4-8-32)5-6-21(23)26(27,28)29;1-3-2/h5-6,9-15H,3-4,7-8H2,1-2H3;3H2,1-2H3. The van der Waals surface area contributed by atoms with Gasteiger partial charge < -0.3 is 9.32 Å². The number of anilines is 1. The van der Waals surface area contributed by atoms with Gasteiger partial charge in [-0.05, 0) is 74.7 Å². The Labute approximate surface area is 219 Å². The second-order valence-corrected chi connectivity index (χ2v) is 9.48. The van der Waals surface area contributed by atoms with Gasteiger partial charge in [-0.2, -0.15) is 23.0 Å². The normalized spacial score (nSPS) is 13.4. The van der Waals surface area contributed by atoms with Crippen molar-refractivity contribution in [2.24, 2.45) is 0 Å². The van der Waals surface area contributed by atoms with Crippen LogP contribution >= 0.6 is 0 Å². The minimum absolute atomic E-state index is 0.278. The Kier molecular flexibility index (Phi) is 8.04. The van der Waals surface area contributed by atoms with Crippen LogP contribution in [-0.4, -0.2) is 27.9 Å². The van der Waals surface area contributed by atoms with Crippen molar-refractivity contribution in [3.8, 4) is 28.3 Å². The van der Waals surface area contributed by atoms with E-state index < -0.39 is 17.3 Å². The first-order valence-corrected chi connectivity index (χ1v) is 12.7. The molecule has 2 aromatic carbocycles. The Bertz CT molecular complexity index is 1450. The van der Waals surface area contributed by atoms with Gasteiger partial charge >= 0.3 is 6.18 Å². The molecular formula is C29H31F3N4O2. The highest BCUT2D eigenvalue weighted by Crippen LogP contribution is 2.36. The fourth-order valence-corrected chi connectivity index (χ4v) is 4.46. The molecule has 0 atom stereocenters. The van der Waals surface area contributed by atoms with Crippen molar-refractivity contribution in [3.05, 3.63) is 82.1 Å². The van der Waals surface area contributed by atoms with Crippen LogP contribution < -0.4 is 10.5 Å². The lowest BCUT2D eigenvalue weighted by Crippen LogP contribution is -2.27. The molecule has 0 unspecified atom stereocenters. The zero-order valence-electron chi connectivity index (χ0n) is 22.0. The van der Waals surface area contributed by atoms with E-state index in [4.69, 9.17) is 4.42 Å². The molecule has 1 aliphatic rings. The van der Waals surface area contributed by atoms with E-state index in [1.54, 1.807) is 19.2 Å². The molecule has 38 heavy (non-hydrogen) atoms. The topological polar surface area (TPSA) is 64.2 Å². The van der Waals surface area contributed by atoms with Crippen LogP contribution in [0.3, 0.4) is 0 Å². The number of aryl methyl sites for hydroxylation is 2. The number of halogens is 3. The lowest BCUT2D eigenvalue weighted by Gasteiger charge is -2.21. The van der Waals surface area contributed by atoms with Crippen LogP contribution in [0.2, 0.25) is 0 Å². The number of hydrogen-bond donors (Lipinski definition) is 0. The predicted octanol–water partition coefficient (Wildman–Crippen LogP) is 7.21. The summed E-state index contributed by atoms with van der Waals surface area (Å²) in [5.74, 6) is 0.553. The highest BCUT2D eigenvalue weighted by atomic mass is 19.4. The minimum Gasteiger partial charge on any atom is -0.444 e. The van der Waals surface area contributed by atoms with Crippen LogP contribution in [0.1, 0.15) is 49.8 Å². The molecule has 0 radical (unpaired) electrons. The quantitative estimate of drug-likeness (QED) is 0.282. The fourth-order valence-electron chi connectivity index (χ4n) is 4.46. The first-order valence-electron chi connectivity index (χ1n) is 12.7.